The topological polar surface area (TPSA) is 6.48 Å². The Kier molecular flexibility index (Phi) is 3.09. The van der Waals surface area contributed by atoms with Crippen molar-refractivity contribution in [1.82, 2.24) is 5.01 Å². The molecule has 0 spiro atoms. The van der Waals surface area contributed by atoms with Crippen molar-refractivity contribution in [2.75, 3.05) is 11.6 Å². The third-order valence-electron chi connectivity index (χ3n) is 6.59. The van der Waals surface area contributed by atoms with Gasteiger partial charge in [-0.2, -0.15) is 0 Å². The second-order valence-corrected chi connectivity index (χ2v) is 8.43. The largest absolute Gasteiger partial charge is 0.274 e. The molecule has 2 nitrogen and oxygen atoms in total. The van der Waals surface area contributed by atoms with Crippen LogP contribution in [0.15, 0.2) is 54.6 Å². The molecule has 2 heterocycles. The summed E-state index contributed by atoms with van der Waals surface area (Å²) >= 11 is 0. The third kappa shape index (κ3) is 1.92. The molecule has 2 heteroatoms. The van der Waals surface area contributed by atoms with Gasteiger partial charge in [-0.15, -0.1) is 0 Å². The molecule has 0 bridgehead atoms. The van der Waals surface area contributed by atoms with E-state index in [0.29, 0.717) is 17.4 Å². The zero-order valence-electron chi connectivity index (χ0n) is 14.7. The Hall–Kier alpha value is -1.80. The lowest BCUT2D eigenvalue weighted by molar-refractivity contribution is 0.134. The molecule has 2 aromatic carbocycles. The van der Waals surface area contributed by atoms with E-state index in [-0.39, 0.29) is 0 Å². The molecular formula is C22H26N2. The Morgan fingerprint density at radius 3 is 2.50 bits per heavy atom. The standard InChI is InChI=1S/C22H26N2/c1-22(2)15-23-21-18(12-8-13-19(21)22)17-11-6-7-14-20(17)24(23)16-9-4-3-5-10-16/h3-7,9-11,14,18-19,21H,8,12-13,15H2,1-2H3. The summed E-state index contributed by atoms with van der Waals surface area (Å²) in [5.41, 5.74) is 4.64. The van der Waals surface area contributed by atoms with Crippen molar-refractivity contribution in [3.05, 3.63) is 60.2 Å². The van der Waals surface area contributed by atoms with Crippen molar-refractivity contribution in [3.63, 3.8) is 0 Å². The number of fused-ring (bicyclic) bond motifs is 2. The fourth-order valence-electron chi connectivity index (χ4n) is 5.62. The van der Waals surface area contributed by atoms with E-state index in [1.165, 1.54) is 30.6 Å². The first-order valence-electron chi connectivity index (χ1n) is 9.37. The normalized spacial score (nSPS) is 30.8. The molecule has 5 rings (SSSR count). The molecular weight excluding hydrogens is 292 g/mol. The number of hydrazine groups is 1. The van der Waals surface area contributed by atoms with Gasteiger partial charge >= 0.3 is 0 Å². The van der Waals surface area contributed by atoms with Crippen LogP contribution in [-0.4, -0.2) is 17.6 Å². The molecule has 0 N–H and O–H groups in total. The van der Waals surface area contributed by atoms with E-state index in [0.717, 1.165) is 12.5 Å². The van der Waals surface area contributed by atoms with Crippen LogP contribution in [0.25, 0.3) is 0 Å². The number of rotatable bonds is 1. The van der Waals surface area contributed by atoms with E-state index in [2.05, 4.69) is 78.5 Å². The molecule has 3 atom stereocenters. The van der Waals surface area contributed by atoms with Gasteiger partial charge in [0.05, 0.1) is 11.4 Å². The first-order chi connectivity index (χ1) is 11.7. The lowest BCUT2D eigenvalue weighted by Gasteiger charge is -2.50. The lowest BCUT2D eigenvalue weighted by atomic mass is 9.66. The number of para-hydroxylation sites is 2. The summed E-state index contributed by atoms with van der Waals surface area (Å²) in [6, 6.07) is 20.7. The van der Waals surface area contributed by atoms with Gasteiger partial charge in [0, 0.05) is 18.5 Å². The first kappa shape index (κ1) is 14.5. The summed E-state index contributed by atoms with van der Waals surface area (Å²) in [5, 5.41) is 5.22. The van der Waals surface area contributed by atoms with Gasteiger partial charge in [0.25, 0.3) is 0 Å². The zero-order valence-corrected chi connectivity index (χ0v) is 14.7. The molecule has 24 heavy (non-hydrogen) atoms. The summed E-state index contributed by atoms with van der Waals surface area (Å²) in [7, 11) is 0. The summed E-state index contributed by atoms with van der Waals surface area (Å²) in [6.45, 7) is 6.11. The number of benzene rings is 2. The van der Waals surface area contributed by atoms with Crippen LogP contribution in [0, 0.1) is 11.3 Å². The second-order valence-electron chi connectivity index (χ2n) is 8.43. The van der Waals surface area contributed by atoms with E-state index in [4.69, 9.17) is 0 Å². The Balaban J connectivity index is 1.72. The van der Waals surface area contributed by atoms with E-state index in [1.54, 1.807) is 5.56 Å². The van der Waals surface area contributed by atoms with Crippen LogP contribution >= 0.6 is 0 Å². The number of anilines is 2. The fourth-order valence-corrected chi connectivity index (χ4v) is 5.62. The van der Waals surface area contributed by atoms with E-state index in [9.17, 15) is 0 Å². The molecule has 2 aromatic rings. The highest BCUT2D eigenvalue weighted by Gasteiger charge is 2.55. The molecule has 2 fully saturated rings. The van der Waals surface area contributed by atoms with Gasteiger partial charge in [0.2, 0.25) is 0 Å². The highest BCUT2D eigenvalue weighted by Crippen LogP contribution is 2.57. The zero-order chi connectivity index (χ0) is 16.3. The molecule has 1 saturated heterocycles. The van der Waals surface area contributed by atoms with Gasteiger partial charge in [-0.25, -0.2) is 5.01 Å². The van der Waals surface area contributed by atoms with Crippen molar-refractivity contribution < 1.29 is 0 Å². The highest BCUT2D eigenvalue weighted by atomic mass is 15.7. The van der Waals surface area contributed by atoms with Crippen molar-refractivity contribution in [3.8, 4) is 0 Å². The van der Waals surface area contributed by atoms with Crippen LogP contribution < -0.4 is 5.01 Å². The van der Waals surface area contributed by atoms with E-state index in [1.807, 2.05) is 0 Å². The van der Waals surface area contributed by atoms with Gasteiger partial charge in [-0.3, -0.25) is 5.01 Å². The molecule has 1 saturated carbocycles. The minimum absolute atomic E-state index is 0.387. The third-order valence-corrected chi connectivity index (χ3v) is 6.59. The Morgan fingerprint density at radius 1 is 0.917 bits per heavy atom. The maximum absolute atomic E-state index is 2.70. The van der Waals surface area contributed by atoms with Crippen molar-refractivity contribution >= 4 is 11.4 Å². The van der Waals surface area contributed by atoms with E-state index >= 15 is 0 Å². The summed E-state index contributed by atoms with van der Waals surface area (Å²) < 4.78 is 0. The van der Waals surface area contributed by atoms with Crippen LogP contribution in [-0.2, 0) is 0 Å². The van der Waals surface area contributed by atoms with Crippen LogP contribution in [0.1, 0.15) is 44.6 Å². The number of hydrogen-bond donors (Lipinski definition) is 0. The van der Waals surface area contributed by atoms with Crippen molar-refractivity contribution in [1.29, 1.82) is 0 Å². The molecule has 0 radical (unpaired) electrons. The van der Waals surface area contributed by atoms with Crippen LogP contribution in [0.5, 0.6) is 0 Å². The predicted molar refractivity (Wildman–Crippen MR) is 99.4 cm³/mol. The molecule has 124 valence electrons. The average molecular weight is 318 g/mol. The smallest absolute Gasteiger partial charge is 0.0615 e. The Labute approximate surface area is 145 Å². The van der Waals surface area contributed by atoms with Crippen LogP contribution in [0.2, 0.25) is 0 Å². The first-order valence-corrected chi connectivity index (χ1v) is 9.37. The van der Waals surface area contributed by atoms with Crippen LogP contribution in [0.4, 0.5) is 11.4 Å². The summed E-state index contributed by atoms with van der Waals surface area (Å²) in [5.74, 6) is 1.50. The van der Waals surface area contributed by atoms with Gasteiger partial charge in [-0.1, -0.05) is 56.7 Å². The summed E-state index contributed by atoms with van der Waals surface area (Å²) in [4.78, 5) is 0. The fraction of sp³-hybridized carbons (Fsp3) is 0.455. The highest BCUT2D eigenvalue weighted by molar-refractivity contribution is 5.68. The molecule has 0 aromatic heterocycles. The van der Waals surface area contributed by atoms with Crippen molar-refractivity contribution in [2.24, 2.45) is 11.3 Å². The van der Waals surface area contributed by atoms with Gasteiger partial charge in [0.1, 0.15) is 0 Å². The Bertz CT molecular complexity index is 752. The Morgan fingerprint density at radius 2 is 1.67 bits per heavy atom. The maximum atomic E-state index is 2.70. The minimum Gasteiger partial charge on any atom is -0.274 e. The maximum Gasteiger partial charge on any atom is 0.0615 e. The molecule has 3 aliphatic rings. The minimum atomic E-state index is 0.387. The number of hydrogen-bond acceptors (Lipinski definition) is 2. The lowest BCUT2D eigenvalue weighted by Crippen LogP contribution is -2.52. The molecule has 1 aliphatic carbocycles. The quantitative estimate of drug-likeness (QED) is 0.699. The summed E-state index contributed by atoms with van der Waals surface area (Å²) in [6.07, 6.45) is 4.10. The number of nitrogens with zero attached hydrogens (tertiary/aromatic N) is 2. The predicted octanol–water partition coefficient (Wildman–Crippen LogP) is 5.35. The van der Waals surface area contributed by atoms with Crippen molar-refractivity contribution in [2.45, 2.75) is 45.1 Å². The monoisotopic (exact) mass is 318 g/mol. The second kappa shape index (κ2) is 5.10. The molecule has 2 aliphatic heterocycles. The molecule has 0 amide bonds. The van der Waals surface area contributed by atoms with Gasteiger partial charge < -0.3 is 0 Å². The van der Waals surface area contributed by atoms with Gasteiger partial charge in [0.15, 0.2) is 0 Å². The van der Waals surface area contributed by atoms with Crippen LogP contribution in [0.3, 0.4) is 0 Å². The van der Waals surface area contributed by atoms with Gasteiger partial charge in [-0.05, 0) is 47.9 Å². The molecule has 3 unspecified atom stereocenters. The SMILES string of the molecule is CC1(C)CN2C3C(CCCC31)c1ccccc1N2c1ccccc1. The van der Waals surface area contributed by atoms with E-state index < -0.39 is 0 Å². The average Bonchev–Trinajstić information content (AvgIpc) is 2.88.